The van der Waals surface area contributed by atoms with Gasteiger partial charge in [0.05, 0.1) is 0 Å². The second kappa shape index (κ2) is 4.77. The van der Waals surface area contributed by atoms with Gasteiger partial charge in [-0.05, 0) is 19.3 Å². The van der Waals surface area contributed by atoms with Crippen LogP contribution in [0, 0.1) is 6.42 Å². The van der Waals surface area contributed by atoms with Crippen molar-refractivity contribution in [3.05, 3.63) is 6.42 Å². The normalized spacial score (nSPS) is 24.0. The monoisotopic (exact) mass is 129 g/mol. The molecule has 53 valence electrons. The van der Waals surface area contributed by atoms with E-state index in [0.717, 1.165) is 39.3 Å². The van der Waals surface area contributed by atoms with Crippen LogP contribution in [0.5, 0.6) is 0 Å². The lowest BCUT2D eigenvalue weighted by molar-refractivity contribution is 0.110. The fourth-order valence-electron chi connectivity index (χ4n) is 0.782. The SMILES string of the molecule is [CH]1CCOCCCOC1. The molecule has 0 aromatic carbocycles. The van der Waals surface area contributed by atoms with Gasteiger partial charge in [-0.1, -0.05) is 0 Å². The molecule has 0 N–H and O–H groups in total. The molecule has 1 fully saturated rings. The van der Waals surface area contributed by atoms with Crippen LogP contribution in [0.2, 0.25) is 0 Å². The second-order valence-corrected chi connectivity index (χ2v) is 2.12. The lowest BCUT2D eigenvalue weighted by atomic mass is 10.3. The van der Waals surface area contributed by atoms with Gasteiger partial charge in [-0.2, -0.15) is 0 Å². The Balaban J connectivity index is 2.02. The highest BCUT2D eigenvalue weighted by atomic mass is 16.5. The molecule has 1 radical (unpaired) electrons. The zero-order chi connectivity index (χ0) is 6.36. The molecule has 0 amide bonds. The minimum atomic E-state index is 0.795. The average molecular weight is 129 g/mol. The lowest BCUT2D eigenvalue weighted by Crippen LogP contribution is -1.97. The largest absolute Gasteiger partial charge is 0.381 e. The van der Waals surface area contributed by atoms with Crippen LogP contribution >= 0.6 is 0 Å². The van der Waals surface area contributed by atoms with Gasteiger partial charge in [-0.15, -0.1) is 0 Å². The molecule has 1 rings (SSSR count). The van der Waals surface area contributed by atoms with E-state index in [2.05, 4.69) is 6.42 Å². The van der Waals surface area contributed by atoms with Gasteiger partial charge in [0.15, 0.2) is 0 Å². The molecule has 0 aromatic rings. The van der Waals surface area contributed by atoms with E-state index in [9.17, 15) is 0 Å². The van der Waals surface area contributed by atoms with E-state index in [1.807, 2.05) is 0 Å². The van der Waals surface area contributed by atoms with Crippen molar-refractivity contribution in [3.63, 3.8) is 0 Å². The third kappa shape index (κ3) is 3.49. The second-order valence-electron chi connectivity index (χ2n) is 2.12. The first-order valence-corrected chi connectivity index (χ1v) is 3.47. The van der Waals surface area contributed by atoms with Gasteiger partial charge in [0.1, 0.15) is 0 Å². The maximum absolute atomic E-state index is 5.24. The first-order valence-electron chi connectivity index (χ1n) is 3.47. The Morgan fingerprint density at radius 2 is 1.89 bits per heavy atom. The van der Waals surface area contributed by atoms with E-state index in [-0.39, 0.29) is 0 Å². The first-order chi connectivity index (χ1) is 4.50. The Labute approximate surface area is 56.2 Å². The highest BCUT2D eigenvalue weighted by molar-refractivity contribution is 4.63. The molecular weight excluding hydrogens is 116 g/mol. The summed E-state index contributed by atoms with van der Waals surface area (Å²) in [5, 5.41) is 0. The molecule has 0 atom stereocenters. The Kier molecular flexibility index (Phi) is 3.72. The molecule has 1 aliphatic rings. The van der Waals surface area contributed by atoms with Crippen LogP contribution in [-0.2, 0) is 9.47 Å². The molecule has 1 aliphatic heterocycles. The fraction of sp³-hybridized carbons (Fsp3) is 0.857. The number of hydrogen-bond donors (Lipinski definition) is 0. The Morgan fingerprint density at radius 3 is 2.89 bits per heavy atom. The molecule has 1 heterocycles. The van der Waals surface area contributed by atoms with Gasteiger partial charge in [-0.3, -0.25) is 0 Å². The molecule has 1 saturated heterocycles. The van der Waals surface area contributed by atoms with E-state index in [1.54, 1.807) is 0 Å². The van der Waals surface area contributed by atoms with Crippen molar-refractivity contribution < 1.29 is 9.47 Å². The van der Waals surface area contributed by atoms with Crippen LogP contribution in [0.4, 0.5) is 0 Å². The number of hydrogen-bond acceptors (Lipinski definition) is 2. The highest BCUT2D eigenvalue weighted by Gasteiger charge is 1.95. The minimum absolute atomic E-state index is 0.795. The predicted molar refractivity (Wildman–Crippen MR) is 35.2 cm³/mol. The van der Waals surface area contributed by atoms with Gasteiger partial charge >= 0.3 is 0 Å². The van der Waals surface area contributed by atoms with E-state index in [0.29, 0.717) is 0 Å². The van der Waals surface area contributed by atoms with Gasteiger partial charge < -0.3 is 9.47 Å². The molecule has 0 unspecified atom stereocenters. The third-order valence-electron chi connectivity index (χ3n) is 1.28. The summed E-state index contributed by atoms with van der Waals surface area (Å²) in [5.74, 6) is 0. The smallest absolute Gasteiger partial charge is 0.0498 e. The number of rotatable bonds is 0. The fourth-order valence-corrected chi connectivity index (χ4v) is 0.782. The third-order valence-corrected chi connectivity index (χ3v) is 1.28. The molecular formula is C7H13O2. The van der Waals surface area contributed by atoms with Crippen molar-refractivity contribution in [1.82, 2.24) is 0 Å². The molecule has 0 aliphatic carbocycles. The van der Waals surface area contributed by atoms with Crippen LogP contribution < -0.4 is 0 Å². The Bertz CT molecular complexity index is 35.4. The quantitative estimate of drug-likeness (QED) is 0.486. The van der Waals surface area contributed by atoms with Gasteiger partial charge in [-0.25, -0.2) is 0 Å². The van der Waals surface area contributed by atoms with Crippen molar-refractivity contribution in [3.8, 4) is 0 Å². The van der Waals surface area contributed by atoms with E-state index in [4.69, 9.17) is 9.47 Å². The van der Waals surface area contributed by atoms with Crippen LogP contribution in [0.1, 0.15) is 12.8 Å². The van der Waals surface area contributed by atoms with Gasteiger partial charge in [0.25, 0.3) is 0 Å². The Morgan fingerprint density at radius 1 is 1.00 bits per heavy atom. The highest BCUT2D eigenvalue weighted by Crippen LogP contribution is 1.95. The van der Waals surface area contributed by atoms with Crippen molar-refractivity contribution >= 4 is 0 Å². The van der Waals surface area contributed by atoms with Crippen molar-refractivity contribution in [2.75, 3.05) is 26.4 Å². The first kappa shape index (κ1) is 7.03. The van der Waals surface area contributed by atoms with Crippen molar-refractivity contribution in [2.24, 2.45) is 0 Å². The van der Waals surface area contributed by atoms with Crippen LogP contribution in [0.3, 0.4) is 0 Å². The summed E-state index contributed by atoms with van der Waals surface area (Å²) < 4.78 is 10.5. The molecule has 9 heavy (non-hydrogen) atoms. The zero-order valence-corrected chi connectivity index (χ0v) is 5.64. The summed E-state index contributed by atoms with van der Waals surface area (Å²) in [7, 11) is 0. The molecule has 0 aromatic heterocycles. The summed E-state index contributed by atoms with van der Waals surface area (Å²) in [4.78, 5) is 0. The predicted octanol–water partition coefficient (Wildman–Crippen LogP) is 1.02. The minimum Gasteiger partial charge on any atom is -0.381 e. The maximum atomic E-state index is 5.24. The van der Waals surface area contributed by atoms with E-state index < -0.39 is 0 Å². The van der Waals surface area contributed by atoms with E-state index >= 15 is 0 Å². The average Bonchev–Trinajstić information content (AvgIpc) is 2.00. The van der Waals surface area contributed by atoms with Gasteiger partial charge in [0, 0.05) is 26.4 Å². The molecule has 0 bridgehead atoms. The summed E-state index contributed by atoms with van der Waals surface area (Å²) in [6.45, 7) is 3.36. The summed E-state index contributed by atoms with van der Waals surface area (Å²) in [6, 6.07) is 0. The topological polar surface area (TPSA) is 18.5 Å². The van der Waals surface area contributed by atoms with Crippen LogP contribution in [0.15, 0.2) is 0 Å². The summed E-state index contributed by atoms with van der Waals surface area (Å²) in [6.07, 6.45) is 4.18. The summed E-state index contributed by atoms with van der Waals surface area (Å²) in [5.41, 5.74) is 0. The van der Waals surface area contributed by atoms with Crippen LogP contribution in [0.25, 0.3) is 0 Å². The number of ether oxygens (including phenoxy) is 2. The standard InChI is InChI=1S/C7H13O2/c1-2-5-9-7-3-6-8-4-1/h1H,2-7H2. The molecule has 0 spiro atoms. The lowest BCUT2D eigenvalue weighted by Gasteiger charge is -1.97. The Hall–Kier alpha value is -0.0800. The maximum Gasteiger partial charge on any atom is 0.0498 e. The molecule has 2 nitrogen and oxygen atoms in total. The molecule has 2 heteroatoms. The van der Waals surface area contributed by atoms with Crippen molar-refractivity contribution in [1.29, 1.82) is 0 Å². The van der Waals surface area contributed by atoms with Crippen LogP contribution in [-0.4, -0.2) is 26.4 Å². The summed E-state index contributed by atoms with van der Waals surface area (Å²) >= 11 is 0. The zero-order valence-electron chi connectivity index (χ0n) is 5.64. The van der Waals surface area contributed by atoms with Gasteiger partial charge in [0.2, 0.25) is 0 Å². The van der Waals surface area contributed by atoms with E-state index in [1.165, 1.54) is 0 Å². The molecule has 0 saturated carbocycles. The van der Waals surface area contributed by atoms with Crippen molar-refractivity contribution in [2.45, 2.75) is 12.8 Å².